The minimum atomic E-state index is -0.443. The van der Waals surface area contributed by atoms with Crippen LogP contribution in [0.1, 0.15) is 53.3 Å². The Kier molecular flexibility index (Phi) is 5.12. The van der Waals surface area contributed by atoms with E-state index in [4.69, 9.17) is 11.6 Å². The molecule has 1 atom stereocenters. The van der Waals surface area contributed by atoms with Crippen molar-refractivity contribution in [2.24, 2.45) is 0 Å². The topological polar surface area (TPSA) is 54.5 Å². The van der Waals surface area contributed by atoms with Crippen LogP contribution < -0.4 is 0 Å². The highest BCUT2D eigenvalue weighted by atomic mass is 35.5. The lowest BCUT2D eigenvalue weighted by atomic mass is 10.1. The normalized spacial score (nSPS) is 15.2. The number of carbonyl (C=O) groups is 3. The fourth-order valence-corrected chi connectivity index (χ4v) is 2.50. The third kappa shape index (κ3) is 3.50. The van der Waals surface area contributed by atoms with Gasteiger partial charge < -0.3 is 0 Å². The predicted molar refractivity (Wildman–Crippen MR) is 80.6 cm³/mol. The molecule has 2 amide bonds. The zero-order valence-corrected chi connectivity index (χ0v) is 12.7. The molecule has 0 fully saturated rings. The molecule has 0 saturated heterocycles. The number of nitrogens with zero attached hydrogens (tertiary/aromatic N) is 1. The van der Waals surface area contributed by atoms with Crippen molar-refractivity contribution in [2.45, 2.75) is 38.0 Å². The molecular formula is C16H18ClNO3. The van der Waals surface area contributed by atoms with E-state index < -0.39 is 5.38 Å². The number of rotatable bonds is 7. The summed E-state index contributed by atoms with van der Waals surface area (Å²) in [6, 6.07) is 6.87. The van der Waals surface area contributed by atoms with E-state index in [2.05, 4.69) is 0 Å². The van der Waals surface area contributed by atoms with Crippen molar-refractivity contribution in [3.63, 3.8) is 0 Å². The molecule has 1 aromatic carbocycles. The van der Waals surface area contributed by atoms with Crippen LogP contribution in [-0.2, 0) is 4.79 Å². The molecular weight excluding hydrogens is 290 g/mol. The molecule has 0 aliphatic carbocycles. The largest absolute Gasteiger partial charge is 0.298 e. The monoisotopic (exact) mass is 307 g/mol. The Hall–Kier alpha value is -1.68. The quantitative estimate of drug-likeness (QED) is 0.442. The number of hydrogen-bond acceptors (Lipinski definition) is 3. The van der Waals surface area contributed by atoms with Gasteiger partial charge in [0, 0.05) is 13.0 Å². The van der Waals surface area contributed by atoms with Gasteiger partial charge in [-0.05, 0) is 31.9 Å². The first-order valence-electron chi connectivity index (χ1n) is 7.14. The Morgan fingerprint density at radius 1 is 1.10 bits per heavy atom. The second kappa shape index (κ2) is 6.85. The van der Waals surface area contributed by atoms with Gasteiger partial charge in [0.05, 0.1) is 16.5 Å². The van der Waals surface area contributed by atoms with Crippen molar-refractivity contribution >= 4 is 29.2 Å². The molecule has 0 aromatic heterocycles. The van der Waals surface area contributed by atoms with Gasteiger partial charge in [0.15, 0.2) is 0 Å². The highest BCUT2D eigenvalue weighted by Gasteiger charge is 2.34. The van der Waals surface area contributed by atoms with Crippen molar-refractivity contribution in [2.75, 3.05) is 6.54 Å². The Labute approximate surface area is 129 Å². The number of benzene rings is 1. The highest BCUT2D eigenvalue weighted by molar-refractivity contribution is 6.30. The Bertz CT molecular complexity index is 533. The van der Waals surface area contributed by atoms with E-state index in [0.29, 0.717) is 30.5 Å². The molecule has 112 valence electrons. The van der Waals surface area contributed by atoms with Crippen LogP contribution in [0.5, 0.6) is 0 Å². The number of hydrogen-bond donors (Lipinski definition) is 0. The van der Waals surface area contributed by atoms with E-state index in [1.54, 1.807) is 31.2 Å². The first-order chi connectivity index (χ1) is 10.0. The predicted octanol–water partition coefficient (Wildman–Crippen LogP) is 3.04. The van der Waals surface area contributed by atoms with Crippen molar-refractivity contribution < 1.29 is 14.4 Å². The van der Waals surface area contributed by atoms with Crippen molar-refractivity contribution in [3.05, 3.63) is 35.4 Å². The van der Waals surface area contributed by atoms with Crippen LogP contribution in [0.2, 0.25) is 0 Å². The number of unbranched alkanes of at least 4 members (excludes halogenated alkanes) is 2. The number of Topliss-reactive ketones (excluding diaryl/α,β-unsaturated/α-hetero) is 1. The molecule has 1 aliphatic heterocycles. The maximum Gasteiger partial charge on any atom is 0.261 e. The number of ketones is 1. The average molecular weight is 308 g/mol. The standard InChI is InChI=1S/C16H18ClNO3/c1-11(17)14(19)9-3-2-6-10-18-15(20)12-7-4-5-8-13(12)16(18)21/h4-5,7-8,11H,2-3,6,9-10H2,1H3. The second-order valence-corrected chi connectivity index (χ2v) is 5.86. The summed E-state index contributed by atoms with van der Waals surface area (Å²) in [5, 5.41) is -0.443. The van der Waals surface area contributed by atoms with Crippen LogP contribution >= 0.6 is 11.6 Å². The van der Waals surface area contributed by atoms with Gasteiger partial charge in [-0.15, -0.1) is 11.6 Å². The van der Waals surface area contributed by atoms with Crippen molar-refractivity contribution in [1.82, 2.24) is 4.90 Å². The average Bonchev–Trinajstić information content (AvgIpc) is 2.71. The lowest BCUT2D eigenvalue weighted by Crippen LogP contribution is -2.30. The first-order valence-corrected chi connectivity index (χ1v) is 7.58. The summed E-state index contributed by atoms with van der Waals surface area (Å²) in [4.78, 5) is 36.9. The lowest BCUT2D eigenvalue weighted by molar-refractivity contribution is -0.118. The van der Waals surface area contributed by atoms with Gasteiger partial charge >= 0.3 is 0 Å². The van der Waals surface area contributed by atoms with E-state index in [9.17, 15) is 14.4 Å². The first kappa shape index (κ1) is 15.7. The van der Waals surface area contributed by atoms with E-state index in [1.807, 2.05) is 0 Å². The molecule has 1 heterocycles. The third-order valence-corrected chi connectivity index (χ3v) is 3.87. The number of imide groups is 1. The van der Waals surface area contributed by atoms with Gasteiger partial charge in [-0.1, -0.05) is 18.6 Å². The maximum atomic E-state index is 12.1. The molecule has 0 N–H and O–H groups in total. The van der Waals surface area contributed by atoms with Crippen LogP contribution in [0, 0.1) is 0 Å². The summed E-state index contributed by atoms with van der Waals surface area (Å²) in [6.45, 7) is 2.07. The van der Waals surface area contributed by atoms with E-state index in [0.717, 1.165) is 12.8 Å². The number of fused-ring (bicyclic) bond motifs is 1. The SMILES string of the molecule is CC(Cl)C(=O)CCCCCN1C(=O)c2ccccc2C1=O. The van der Waals surface area contributed by atoms with E-state index in [1.165, 1.54) is 4.90 Å². The van der Waals surface area contributed by atoms with Gasteiger partial charge in [-0.2, -0.15) is 0 Å². The zero-order valence-electron chi connectivity index (χ0n) is 12.0. The van der Waals surface area contributed by atoms with Crippen LogP contribution in [0.25, 0.3) is 0 Å². The number of alkyl halides is 1. The molecule has 4 nitrogen and oxygen atoms in total. The molecule has 0 saturated carbocycles. The molecule has 0 radical (unpaired) electrons. The summed E-state index contributed by atoms with van der Waals surface area (Å²) in [7, 11) is 0. The van der Waals surface area contributed by atoms with Crippen LogP contribution in [-0.4, -0.2) is 34.4 Å². The summed E-state index contributed by atoms with van der Waals surface area (Å²) in [6.07, 6.45) is 2.68. The minimum Gasteiger partial charge on any atom is -0.298 e. The van der Waals surface area contributed by atoms with Crippen LogP contribution in [0.4, 0.5) is 0 Å². The maximum absolute atomic E-state index is 12.1. The smallest absolute Gasteiger partial charge is 0.261 e. The molecule has 1 aromatic rings. The van der Waals surface area contributed by atoms with E-state index in [-0.39, 0.29) is 17.6 Å². The Balaban J connectivity index is 1.79. The van der Waals surface area contributed by atoms with Gasteiger partial charge in [0.1, 0.15) is 5.78 Å². The summed E-state index contributed by atoms with van der Waals surface area (Å²) >= 11 is 5.69. The number of halogens is 1. The molecule has 2 rings (SSSR count). The molecule has 1 unspecified atom stereocenters. The van der Waals surface area contributed by atoms with Crippen molar-refractivity contribution in [1.29, 1.82) is 0 Å². The second-order valence-electron chi connectivity index (χ2n) is 5.20. The van der Waals surface area contributed by atoms with Gasteiger partial charge in [-0.3, -0.25) is 19.3 Å². The van der Waals surface area contributed by atoms with E-state index >= 15 is 0 Å². The van der Waals surface area contributed by atoms with Gasteiger partial charge in [0.25, 0.3) is 11.8 Å². The van der Waals surface area contributed by atoms with Crippen LogP contribution in [0.3, 0.4) is 0 Å². The molecule has 0 bridgehead atoms. The fourth-order valence-electron chi connectivity index (χ4n) is 2.39. The van der Waals surface area contributed by atoms with Gasteiger partial charge in [0.2, 0.25) is 0 Å². The van der Waals surface area contributed by atoms with Crippen molar-refractivity contribution in [3.8, 4) is 0 Å². The molecule has 21 heavy (non-hydrogen) atoms. The summed E-state index contributed by atoms with van der Waals surface area (Å²) < 4.78 is 0. The van der Waals surface area contributed by atoms with Crippen LogP contribution in [0.15, 0.2) is 24.3 Å². The Morgan fingerprint density at radius 3 is 2.19 bits per heavy atom. The molecule has 0 spiro atoms. The summed E-state index contributed by atoms with van der Waals surface area (Å²) in [5.41, 5.74) is 0.960. The molecule has 1 aliphatic rings. The highest BCUT2D eigenvalue weighted by Crippen LogP contribution is 2.22. The summed E-state index contributed by atoms with van der Waals surface area (Å²) in [5.74, 6) is -0.403. The zero-order chi connectivity index (χ0) is 15.4. The molecule has 5 heteroatoms. The third-order valence-electron chi connectivity index (χ3n) is 3.63. The minimum absolute atomic E-state index is 0.0393. The lowest BCUT2D eigenvalue weighted by Gasteiger charge is -2.13. The van der Waals surface area contributed by atoms with Gasteiger partial charge in [-0.25, -0.2) is 0 Å². The Morgan fingerprint density at radius 2 is 1.67 bits per heavy atom. The number of amides is 2. The number of carbonyl (C=O) groups excluding carboxylic acids is 3. The fraction of sp³-hybridized carbons (Fsp3) is 0.438.